The van der Waals surface area contributed by atoms with Crippen molar-refractivity contribution in [2.45, 2.75) is 34.1 Å². The van der Waals surface area contributed by atoms with Gasteiger partial charge >= 0.3 is 0 Å². The maximum atomic E-state index is 12.0. The van der Waals surface area contributed by atoms with Gasteiger partial charge in [-0.3, -0.25) is 9.59 Å². The summed E-state index contributed by atoms with van der Waals surface area (Å²) in [6.45, 7) is 9.58. The van der Waals surface area contributed by atoms with E-state index in [9.17, 15) is 9.59 Å². The lowest BCUT2D eigenvalue weighted by molar-refractivity contribution is -0.128. The van der Waals surface area contributed by atoms with E-state index in [2.05, 4.69) is 19.2 Å². The van der Waals surface area contributed by atoms with E-state index in [-0.39, 0.29) is 11.8 Å². The molecule has 1 aromatic rings. The second-order valence-electron chi connectivity index (χ2n) is 5.81. The zero-order valence-electron chi connectivity index (χ0n) is 13.5. The smallest absolute Gasteiger partial charge is 0.251 e. The Hall–Kier alpha value is -1.84. The molecule has 0 radical (unpaired) electrons. The van der Waals surface area contributed by atoms with Crippen molar-refractivity contribution in [2.75, 3.05) is 19.6 Å². The number of nitrogens with one attached hydrogen (secondary N) is 1. The molecule has 0 spiro atoms. The van der Waals surface area contributed by atoms with Crippen LogP contribution in [0.25, 0.3) is 0 Å². The maximum Gasteiger partial charge on any atom is 0.251 e. The summed E-state index contributed by atoms with van der Waals surface area (Å²) in [4.78, 5) is 25.3. The quantitative estimate of drug-likeness (QED) is 0.839. The fraction of sp³-hybridized carbons (Fsp3) is 0.529. The molecule has 0 fully saturated rings. The first kappa shape index (κ1) is 17.2. The summed E-state index contributed by atoms with van der Waals surface area (Å²) in [5.41, 5.74) is 1.72. The van der Waals surface area contributed by atoms with Crippen molar-refractivity contribution < 1.29 is 9.59 Å². The van der Waals surface area contributed by atoms with E-state index in [4.69, 9.17) is 0 Å². The molecule has 116 valence electrons. The van der Waals surface area contributed by atoms with Gasteiger partial charge in [0.2, 0.25) is 5.91 Å². The van der Waals surface area contributed by atoms with Crippen LogP contribution in [0.5, 0.6) is 0 Å². The molecule has 21 heavy (non-hydrogen) atoms. The van der Waals surface area contributed by atoms with Crippen LogP contribution in [0, 0.1) is 12.8 Å². The van der Waals surface area contributed by atoms with Gasteiger partial charge in [0, 0.05) is 32.1 Å². The first-order chi connectivity index (χ1) is 9.90. The zero-order valence-corrected chi connectivity index (χ0v) is 13.5. The molecule has 0 saturated carbocycles. The van der Waals surface area contributed by atoms with E-state index < -0.39 is 0 Å². The van der Waals surface area contributed by atoms with Crippen molar-refractivity contribution in [2.24, 2.45) is 5.92 Å². The molecule has 1 rings (SSSR count). The van der Waals surface area contributed by atoms with Gasteiger partial charge in [-0.2, -0.15) is 0 Å². The van der Waals surface area contributed by atoms with Crippen molar-refractivity contribution in [1.29, 1.82) is 0 Å². The molecule has 0 saturated heterocycles. The highest BCUT2D eigenvalue weighted by molar-refractivity contribution is 5.94. The number of amides is 2. The average molecular weight is 290 g/mol. The molecule has 4 heteroatoms. The molecule has 1 N–H and O–H groups in total. The van der Waals surface area contributed by atoms with Crippen LogP contribution in [0.4, 0.5) is 0 Å². The third-order valence-corrected chi connectivity index (χ3v) is 3.37. The van der Waals surface area contributed by atoms with E-state index in [1.165, 1.54) is 0 Å². The number of hydrogen-bond donors (Lipinski definition) is 1. The highest BCUT2D eigenvalue weighted by Crippen LogP contribution is 2.04. The van der Waals surface area contributed by atoms with Gasteiger partial charge in [0.05, 0.1) is 0 Å². The van der Waals surface area contributed by atoms with Gasteiger partial charge in [0.15, 0.2) is 0 Å². The first-order valence-electron chi connectivity index (χ1n) is 7.50. The monoisotopic (exact) mass is 290 g/mol. The molecule has 0 aliphatic rings. The molecule has 1 aromatic carbocycles. The Balaban J connectivity index is 2.43. The summed E-state index contributed by atoms with van der Waals surface area (Å²) >= 11 is 0. The standard InChI is InChI=1S/C17H26N2O2/c1-13(2)8-10-19(15(4)20)11-9-18-17(21)16-7-5-6-14(3)12-16/h5-7,12-13H,8-11H2,1-4H3,(H,18,21). The number of carbonyl (C=O) groups excluding carboxylic acids is 2. The Morgan fingerprint density at radius 1 is 1.24 bits per heavy atom. The van der Waals surface area contributed by atoms with Gasteiger partial charge in [-0.15, -0.1) is 0 Å². The number of benzene rings is 1. The minimum atomic E-state index is -0.0916. The SMILES string of the molecule is CC(=O)N(CCNC(=O)c1cccc(C)c1)CCC(C)C. The Morgan fingerprint density at radius 3 is 2.52 bits per heavy atom. The molecule has 0 heterocycles. The van der Waals surface area contributed by atoms with Gasteiger partial charge in [0.1, 0.15) is 0 Å². The van der Waals surface area contributed by atoms with Gasteiger partial charge in [-0.1, -0.05) is 31.5 Å². The zero-order chi connectivity index (χ0) is 15.8. The minimum Gasteiger partial charge on any atom is -0.350 e. The molecule has 0 unspecified atom stereocenters. The van der Waals surface area contributed by atoms with E-state index in [0.29, 0.717) is 24.6 Å². The van der Waals surface area contributed by atoms with Crippen LogP contribution < -0.4 is 5.32 Å². The molecule has 0 aromatic heterocycles. The lowest BCUT2D eigenvalue weighted by Gasteiger charge is -2.22. The third-order valence-electron chi connectivity index (χ3n) is 3.37. The van der Waals surface area contributed by atoms with E-state index >= 15 is 0 Å². The number of rotatable bonds is 7. The summed E-state index contributed by atoms with van der Waals surface area (Å²) < 4.78 is 0. The Labute approximate surface area is 127 Å². The highest BCUT2D eigenvalue weighted by atomic mass is 16.2. The highest BCUT2D eigenvalue weighted by Gasteiger charge is 2.10. The largest absolute Gasteiger partial charge is 0.350 e. The fourth-order valence-electron chi connectivity index (χ4n) is 2.03. The molecule has 0 atom stereocenters. The van der Waals surface area contributed by atoms with Gasteiger partial charge < -0.3 is 10.2 Å². The van der Waals surface area contributed by atoms with Crippen LogP contribution in [0.2, 0.25) is 0 Å². The summed E-state index contributed by atoms with van der Waals surface area (Å²) in [5, 5.41) is 2.87. The lowest BCUT2D eigenvalue weighted by atomic mass is 10.1. The van der Waals surface area contributed by atoms with Crippen molar-refractivity contribution in [3.05, 3.63) is 35.4 Å². The van der Waals surface area contributed by atoms with Crippen molar-refractivity contribution >= 4 is 11.8 Å². The van der Waals surface area contributed by atoms with Crippen molar-refractivity contribution in [1.82, 2.24) is 10.2 Å². The van der Waals surface area contributed by atoms with Crippen LogP contribution in [0.3, 0.4) is 0 Å². The van der Waals surface area contributed by atoms with Gasteiger partial charge in [-0.05, 0) is 31.4 Å². The Bertz CT molecular complexity index is 483. The van der Waals surface area contributed by atoms with E-state index in [1.54, 1.807) is 17.9 Å². The molecule has 0 aliphatic carbocycles. The normalized spacial score (nSPS) is 10.5. The molecule has 2 amide bonds. The van der Waals surface area contributed by atoms with Crippen LogP contribution in [-0.4, -0.2) is 36.3 Å². The second-order valence-corrected chi connectivity index (χ2v) is 5.81. The summed E-state index contributed by atoms with van der Waals surface area (Å²) in [6.07, 6.45) is 0.978. The lowest BCUT2D eigenvalue weighted by Crippen LogP contribution is -2.38. The third kappa shape index (κ3) is 6.43. The summed E-state index contributed by atoms with van der Waals surface area (Å²) in [7, 11) is 0. The minimum absolute atomic E-state index is 0.0560. The predicted molar refractivity (Wildman–Crippen MR) is 85.2 cm³/mol. The molecule has 0 bridgehead atoms. The topological polar surface area (TPSA) is 49.4 Å². The molecule has 4 nitrogen and oxygen atoms in total. The van der Waals surface area contributed by atoms with Crippen LogP contribution in [0.15, 0.2) is 24.3 Å². The second kappa shape index (κ2) is 8.45. The number of carbonyl (C=O) groups is 2. The van der Waals surface area contributed by atoms with Gasteiger partial charge in [-0.25, -0.2) is 0 Å². The average Bonchev–Trinajstić information content (AvgIpc) is 2.41. The fourth-order valence-corrected chi connectivity index (χ4v) is 2.03. The Morgan fingerprint density at radius 2 is 1.95 bits per heavy atom. The van der Waals surface area contributed by atoms with Crippen LogP contribution >= 0.6 is 0 Å². The molecule has 0 aliphatic heterocycles. The van der Waals surface area contributed by atoms with E-state index in [0.717, 1.165) is 18.5 Å². The van der Waals surface area contributed by atoms with Crippen LogP contribution in [0.1, 0.15) is 43.1 Å². The van der Waals surface area contributed by atoms with Crippen LogP contribution in [-0.2, 0) is 4.79 Å². The van der Waals surface area contributed by atoms with Crippen molar-refractivity contribution in [3.8, 4) is 0 Å². The van der Waals surface area contributed by atoms with Crippen molar-refractivity contribution in [3.63, 3.8) is 0 Å². The number of nitrogens with zero attached hydrogens (tertiary/aromatic N) is 1. The molecular formula is C17H26N2O2. The number of hydrogen-bond acceptors (Lipinski definition) is 2. The summed E-state index contributed by atoms with van der Waals surface area (Å²) in [6, 6.07) is 7.48. The molecular weight excluding hydrogens is 264 g/mol. The maximum absolute atomic E-state index is 12.0. The Kier molecular flexibility index (Phi) is 6.92. The van der Waals surface area contributed by atoms with Gasteiger partial charge in [0.25, 0.3) is 5.91 Å². The predicted octanol–water partition coefficient (Wildman–Crippen LogP) is 2.62. The first-order valence-corrected chi connectivity index (χ1v) is 7.50. The number of aryl methyl sites for hydroxylation is 1. The van der Waals surface area contributed by atoms with E-state index in [1.807, 2.05) is 25.1 Å². The summed E-state index contributed by atoms with van der Waals surface area (Å²) in [5.74, 6) is 0.528.